The van der Waals surface area contributed by atoms with Crippen molar-refractivity contribution in [2.75, 3.05) is 19.7 Å². The van der Waals surface area contributed by atoms with Gasteiger partial charge in [0.05, 0.1) is 6.61 Å². The third-order valence-corrected chi connectivity index (χ3v) is 4.33. The number of nitrogens with two attached hydrogens (primary N) is 1. The van der Waals surface area contributed by atoms with Crippen LogP contribution in [-0.4, -0.2) is 41.3 Å². The molecular weight excluding hydrogens is 212 g/mol. The zero-order valence-electron chi connectivity index (χ0n) is 11.6. The maximum atomic E-state index is 9.28. The molecule has 0 saturated carbocycles. The molecule has 1 fully saturated rings. The van der Waals surface area contributed by atoms with Gasteiger partial charge in [-0.1, -0.05) is 19.8 Å². The molecule has 1 aliphatic heterocycles. The highest BCUT2D eigenvalue weighted by molar-refractivity contribution is 4.82. The largest absolute Gasteiger partial charge is 0.394 e. The molecule has 102 valence electrons. The first-order valence-electron chi connectivity index (χ1n) is 7.25. The number of hydrogen-bond donors (Lipinski definition) is 2. The first-order chi connectivity index (χ1) is 8.11. The van der Waals surface area contributed by atoms with Crippen molar-refractivity contribution < 1.29 is 5.11 Å². The van der Waals surface area contributed by atoms with Crippen molar-refractivity contribution >= 4 is 0 Å². The summed E-state index contributed by atoms with van der Waals surface area (Å²) in [5.41, 5.74) is 5.76. The number of likely N-dealkylation sites (tertiary alicyclic amines) is 1. The molecule has 2 atom stereocenters. The molecular formula is C14H30N2O. The van der Waals surface area contributed by atoms with Gasteiger partial charge in [0.25, 0.3) is 0 Å². The number of rotatable bonds is 6. The van der Waals surface area contributed by atoms with Crippen LogP contribution >= 0.6 is 0 Å². The minimum atomic E-state index is -0.352. The van der Waals surface area contributed by atoms with E-state index in [9.17, 15) is 5.11 Å². The Hall–Kier alpha value is -0.120. The van der Waals surface area contributed by atoms with Crippen molar-refractivity contribution in [1.82, 2.24) is 4.90 Å². The Morgan fingerprint density at radius 3 is 2.76 bits per heavy atom. The highest BCUT2D eigenvalue weighted by Crippen LogP contribution is 2.19. The number of nitrogens with zero attached hydrogens (tertiary/aromatic N) is 1. The summed E-state index contributed by atoms with van der Waals surface area (Å²) in [6.07, 6.45) is 8.34. The Labute approximate surface area is 106 Å². The van der Waals surface area contributed by atoms with Gasteiger partial charge in [-0.15, -0.1) is 0 Å². The zero-order valence-corrected chi connectivity index (χ0v) is 11.6. The van der Waals surface area contributed by atoms with E-state index in [-0.39, 0.29) is 12.1 Å². The number of hydrogen-bond acceptors (Lipinski definition) is 3. The SMILES string of the molecule is CCC(N)(CO)CCCN1CCCCCC1C. The van der Waals surface area contributed by atoms with Gasteiger partial charge in [0.1, 0.15) is 0 Å². The Morgan fingerprint density at radius 1 is 1.35 bits per heavy atom. The molecule has 0 aliphatic carbocycles. The van der Waals surface area contributed by atoms with Gasteiger partial charge in [0, 0.05) is 11.6 Å². The van der Waals surface area contributed by atoms with Gasteiger partial charge < -0.3 is 15.7 Å². The smallest absolute Gasteiger partial charge is 0.0611 e. The molecule has 1 heterocycles. The standard InChI is InChI=1S/C14H30N2O/c1-3-14(15,12-17)9-7-11-16-10-6-4-5-8-13(16)2/h13,17H,3-12,15H2,1-2H3. The molecule has 0 bridgehead atoms. The molecule has 1 rings (SSSR count). The zero-order chi connectivity index (χ0) is 12.7. The van der Waals surface area contributed by atoms with Crippen molar-refractivity contribution in [2.24, 2.45) is 5.73 Å². The molecule has 2 unspecified atom stereocenters. The first-order valence-corrected chi connectivity index (χ1v) is 7.25. The molecule has 0 aromatic heterocycles. The summed E-state index contributed by atoms with van der Waals surface area (Å²) in [6, 6.07) is 0.723. The summed E-state index contributed by atoms with van der Waals surface area (Å²) in [6.45, 7) is 6.89. The summed E-state index contributed by atoms with van der Waals surface area (Å²) in [5, 5.41) is 9.28. The fourth-order valence-corrected chi connectivity index (χ4v) is 2.67. The summed E-state index contributed by atoms with van der Waals surface area (Å²) < 4.78 is 0. The molecule has 3 N–H and O–H groups in total. The molecule has 1 aliphatic rings. The van der Waals surface area contributed by atoms with E-state index in [0.29, 0.717) is 0 Å². The van der Waals surface area contributed by atoms with Gasteiger partial charge in [-0.25, -0.2) is 0 Å². The monoisotopic (exact) mass is 242 g/mol. The Morgan fingerprint density at radius 2 is 2.12 bits per heavy atom. The van der Waals surface area contributed by atoms with Crippen molar-refractivity contribution in [3.63, 3.8) is 0 Å². The van der Waals surface area contributed by atoms with E-state index in [1.807, 2.05) is 0 Å². The third kappa shape index (κ3) is 4.94. The minimum absolute atomic E-state index is 0.110. The average molecular weight is 242 g/mol. The molecule has 3 nitrogen and oxygen atoms in total. The van der Waals surface area contributed by atoms with Gasteiger partial charge in [-0.05, 0) is 52.1 Å². The van der Waals surface area contributed by atoms with Crippen LogP contribution in [0.25, 0.3) is 0 Å². The second-order valence-electron chi connectivity index (χ2n) is 5.71. The van der Waals surface area contributed by atoms with Gasteiger partial charge in [-0.3, -0.25) is 0 Å². The molecule has 0 amide bonds. The second-order valence-corrected chi connectivity index (χ2v) is 5.71. The molecule has 1 saturated heterocycles. The van der Waals surface area contributed by atoms with Crippen LogP contribution in [0.4, 0.5) is 0 Å². The highest BCUT2D eigenvalue weighted by Gasteiger charge is 2.22. The van der Waals surface area contributed by atoms with Gasteiger partial charge in [-0.2, -0.15) is 0 Å². The van der Waals surface area contributed by atoms with Crippen LogP contribution in [-0.2, 0) is 0 Å². The summed E-state index contributed by atoms with van der Waals surface area (Å²) in [4.78, 5) is 2.60. The van der Waals surface area contributed by atoms with Crippen LogP contribution in [0.3, 0.4) is 0 Å². The quantitative estimate of drug-likeness (QED) is 0.750. The average Bonchev–Trinajstić information content (AvgIpc) is 2.54. The van der Waals surface area contributed by atoms with Crippen LogP contribution < -0.4 is 5.73 Å². The van der Waals surface area contributed by atoms with Gasteiger partial charge in [0.15, 0.2) is 0 Å². The van der Waals surface area contributed by atoms with Crippen molar-refractivity contribution in [3.05, 3.63) is 0 Å². The maximum absolute atomic E-state index is 9.28. The molecule has 0 aromatic carbocycles. The lowest BCUT2D eigenvalue weighted by molar-refractivity contribution is 0.162. The van der Waals surface area contributed by atoms with E-state index < -0.39 is 0 Å². The summed E-state index contributed by atoms with van der Waals surface area (Å²) in [7, 11) is 0. The number of aliphatic hydroxyl groups excluding tert-OH is 1. The minimum Gasteiger partial charge on any atom is -0.394 e. The Kier molecular flexibility index (Phi) is 6.45. The normalized spacial score (nSPS) is 26.5. The lowest BCUT2D eigenvalue weighted by Gasteiger charge is -2.30. The fraction of sp³-hybridized carbons (Fsp3) is 1.00. The van der Waals surface area contributed by atoms with Crippen LogP contribution in [0.2, 0.25) is 0 Å². The lowest BCUT2D eigenvalue weighted by atomic mass is 9.92. The van der Waals surface area contributed by atoms with Crippen LogP contribution in [0.1, 0.15) is 58.8 Å². The molecule has 0 spiro atoms. The third-order valence-electron chi connectivity index (χ3n) is 4.33. The Bertz CT molecular complexity index is 204. The summed E-state index contributed by atoms with van der Waals surface area (Å²) >= 11 is 0. The van der Waals surface area contributed by atoms with Crippen molar-refractivity contribution in [3.8, 4) is 0 Å². The first kappa shape index (κ1) is 14.9. The topological polar surface area (TPSA) is 49.5 Å². The van der Waals surface area contributed by atoms with Gasteiger partial charge in [0.2, 0.25) is 0 Å². The predicted molar refractivity (Wildman–Crippen MR) is 73.0 cm³/mol. The lowest BCUT2D eigenvalue weighted by Crippen LogP contribution is -2.44. The van der Waals surface area contributed by atoms with Crippen LogP contribution in [0.5, 0.6) is 0 Å². The number of aliphatic hydroxyl groups is 1. The van der Waals surface area contributed by atoms with Crippen LogP contribution in [0, 0.1) is 0 Å². The van der Waals surface area contributed by atoms with E-state index in [4.69, 9.17) is 5.73 Å². The van der Waals surface area contributed by atoms with Gasteiger partial charge >= 0.3 is 0 Å². The predicted octanol–water partition coefficient (Wildman–Crippen LogP) is 2.13. The van der Waals surface area contributed by atoms with Crippen LogP contribution in [0.15, 0.2) is 0 Å². The highest BCUT2D eigenvalue weighted by atomic mass is 16.3. The Balaban J connectivity index is 2.29. The van der Waals surface area contributed by atoms with Crippen molar-refractivity contribution in [1.29, 1.82) is 0 Å². The summed E-state index contributed by atoms with van der Waals surface area (Å²) in [5.74, 6) is 0. The maximum Gasteiger partial charge on any atom is 0.0611 e. The molecule has 17 heavy (non-hydrogen) atoms. The van der Waals surface area contributed by atoms with Crippen molar-refractivity contribution in [2.45, 2.75) is 70.4 Å². The molecule has 3 heteroatoms. The van der Waals surface area contributed by atoms with E-state index in [2.05, 4.69) is 18.7 Å². The van der Waals surface area contributed by atoms with E-state index in [0.717, 1.165) is 31.8 Å². The molecule has 0 radical (unpaired) electrons. The molecule has 0 aromatic rings. The van der Waals surface area contributed by atoms with E-state index in [1.165, 1.54) is 32.2 Å². The fourth-order valence-electron chi connectivity index (χ4n) is 2.67. The van der Waals surface area contributed by atoms with E-state index >= 15 is 0 Å². The second kappa shape index (κ2) is 7.34. The van der Waals surface area contributed by atoms with E-state index in [1.54, 1.807) is 0 Å².